The van der Waals surface area contributed by atoms with Gasteiger partial charge in [-0.25, -0.2) is 4.98 Å². The molecule has 1 heterocycles. The molecule has 0 atom stereocenters. The van der Waals surface area contributed by atoms with Crippen LogP contribution in [0.3, 0.4) is 0 Å². The second-order valence-corrected chi connectivity index (χ2v) is 8.14. The van der Waals surface area contributed by atoms with E-state index in [4.69, 9.17) is 24.9 Å². The molecule has 0 aliphatic rings. The smallest absolute Gasteiger partial charge is 0.251 e. The molecule has 4 rings (SSSR count). The molecule has 4 aromatic rings. The number of imidazole rings is 1. The van der Waals surface area contributed by atoms with E-state index in [1.165, 1.54) is 0 Å². The monoisotopic (exact) mass is 489 g/mol. The summed E-state index contributed by atoms with van der Waals surface area (Å²) < 4.78 is 18.4. The summed E-state index contributed by atoms with van der Waals surface area (Å²) in [6.45, 7) is 1.62. The minimum atomic E-state index is -0.147. The lowest BCUT2D eigenvalue weighted by Gasteiger charge is -2.15. The number of nitrogens with two attached hydrogens (primary N) is 1. The van der Waals surface area contributed by atoms with E-state index in [1.807, 2.05) is 59.2 Å². The Bertz CT molecular complexity index is 1310. The highest BCUT2D eigenvalue weighted by molar-refractivity contribution is 5.97. The summed E-state index contributed by atoms with van der Waals surface area (Å²) in [5.74, 6) is 2.04. The molecular weight excluding hydrogens is 458 g/mol. The first kappa shape index (κ1) is 24.9. The zero-order valence-corrected chi connectivity index (χ0v) is 20.7. The van der Waals surface area contributed by atoms with E-state index >= 15 is 0 Å². The lowest BCUT2D eigenvalue weighted by atomic mass is 10.1. The third-order valence-electron chi connectivity index (χ3n) is 5.81. The zero-order valence-electron chi connectivity index (χ0n) is 20.7. The Hall–Kier alpha value is -4.24. The number of aromatic nitrogens is 2. The van der Waals surface area contributed by atoms with Crippen molar-refractivity contribution in [2.45, 2.75) is 19.5 Å². The number of benzene rings is 3. The van der Waals surface area contributed by atoms with Crippen LogP contribution in [0, 0.1) is 0 Å². The van der Waals surface area contributed by atoms with E-state index in [0.717, 1.165) is 28.7 Å². The van der Waals surface area contributed by atoms with Gasteiger partial charge in [0.1, 0.15) is 0 Å². The third kappa shape index (κ3) is 5.36. The number of anilines is 2. The van der Waals surface area contributed by atoms with Gasteiger partial charge < -0.3 is 35.1 Å². The standard InChI is InChI=1S/C27H31N5O4/c1-34-23-15-20(16-24(35-2)25(23)36-3)30-27-31-21-11-10-19(14-22(21)32(27)13-7-12-28)26(33)29-17-18-8-5-4-6-9-18/h4-6,8-11,14-16H,7,12-13,17,28H2,1-3H3,(H,29,33)(H,30,31). The number of ether oxygens (including phenoxy) is 3. The normalized spacial score (nSPS) is 10.8. The molecule has 0 radical (unpaired) electrons. The molecule has 0 saturated carbocycles. The number of methoxy groups -OCH3 is 3. The van der Waals surface area contributed by atoms with E-state index < -0.39 is 0 Å². The van der Waals surface area contributed by atoms with Gasteiger partial charge in [0.2, 0.25) is 11.7 Å². The Labute approximate surface area is 210 Å². The Balaban J connectivity index is 1.65. The number of carbonyl (C=O) groups excluding carboxylic acids is 1. The van der Waals surface area contributed by atoms with Gasteiger partial charge in [-0.15, -0.1) is 0 Å². The minimum Gasteiger partial charge on any atom is -0.493 e. The number of nitrogens with zero attached hydrogens (tertiary/aromatic N) is 2. The highest BCUT2D eigenvalue weighted by Crippen LogP contribution is 2.40. The first-order chi connectivity index (χ1) is 17.6. The molecule has 0 spiro atoms. The predicted octanol–water partition coefficient (Wildman–Crippen LogP) is 4.08. The Morgan fingerprint density at radius 3 is 2.33 bits per heavy atom. The average molecular weight is 490 g/mol. The molecule has 0 unspecified atom stereocenters. The average Bonchev–Trinajstić information content (AvgIpc) is 3.26. The molecule has 1 amide bonds. The van der Waals surface area contributed by atoms with Crippen molar-refractivity contribution >= 4 is 28.6 Å². The molecule has 9 heteroatoms. The first-order valence-corrected chi connectivity index (χ1v) is 11.7. The maximum atomic E-state index is 12.9. The van der Waals surface area contributed by atoms with Gasteiger partial charge in [0.05, 0.1) is 32.4 Å². The van der Waals surface area contributed by atoms with Crippen molar-refractivity contribution in [1.82, 2.24) is 14.9 Å². The summed E-state index contributed by atoms with van der Waals surface area (Å²) in [6.07, 6.45) is 0.750. The highest BCUT2D eigenvalue weighted by atomic mass is 16.5. The maximum Gasteiger partial charge on any atom is 0.251 e. The van der Waals surface area contributed by atoms with Gasteiger partial charge in [-0.05, 0) is 36.7 Å². The minimum absolute atomic E-state index is 0.147. The summed E-state index contributed by atoms with van der Waals surface area (Å²) in [6, 6.07) is 18.9. The molecule has 188 valence electrons. The summed E-state index contributed by atoms with van der Waals surface area (Å²) in [7, 11) is 4.71. The lowest BCUT2D eigenvalue weighted by molar-refractivity contribution is 0.0951. The van der Waals surface area contributed by atoms with Crippen LogP contribution < -0.4 is 30.6 Å². The molecule has 0 fully saturated rings. The summed E-state index contributed by atoms with van der Waals surface area (Å²) in [5, 5.41) is 6.34. The molecule has 1 aromatic heterocycles. The molecule has 36 heavy (non-hydrogen) atoms. The SMILES string of the molecule is COc1cc(Nc2nc3ccc(C(=O)NCc4ccccc4)cc3n2CCCN)cc(OC)c1OC. The van der Waals surface area contributed by atoms with Gasteiger partial charge in [-0.2, -0.15) is 0 Å². The van der Waals surface area contributed by atoms with Crippen LogP contribution in [0.1, 0.15) is 22.3 Å². The van der Waals surface area contributed by atoms with Crippen LogP contribution in [-0.2, 0) is 13.1 Å². The van der Waals surface area contributed by atoms with Gasteiger partial charge in [0.15, 0.2) is 11.5 Å². The topological polar surface area (TPSA) is 113 Å². The quantitative estimate of drug-likeness (QED) is 0.291. The number of hydrogen-bond acceptors (Lipinski definition) is 7. The van der Waals surface area contributed by atoms with Crippen molar-refractivity contribution in [3.8, 4) is 17.2 Å². The first-order valence-electron chi connectivity index (χ1n) is 11.7. The fourth-order valence-electron chi connectivity index (χ4n) is 4.00. The van der Waals surface area contributed by atoms with Crippen molar-refractivity contribution < 1.29 is 19.0 Å². The number of hydrogen-bond donors (Lipinski definition) is 3. The predicted molar refractivity (Wildman–Crippen MR) is 140 cm³/mol. The highest BCUT2D eigenvalue weighted by Gasteiger charge is 2.17. The fraction of sp³-hybridized carbons (Fsp3) is 0.259. The second kappa shape index (κ2) is 11.5. The van der Waals surface area contributed by atoms with Gasteiger partial charge in [-0.1, -0.05) is 30.3 Å². The third-order valence-corrected chi connectivity index (χ3v) is 5.81. The molecule has 0 bridgehead atoms. The van der Waals surface area contributed by atoms with Gasteiger partial charge in [0, 0.05) is 36.5 Å². The van der Waals surface area contributed by atoms with Crippen LogP contribution in [0.4, 0.5) is 11.6 Å². The number of amides is 1. The van der Waals surface area contributed by atoms with Crippen molar-refractivity contribution in [2.24, 2.45) is 5.73 Å². The van der Waals surface area contributed by atoms with Crippen molar-refractivity contribution in [3.63, 3.8) is 0 Å². The van der Waals surface area contributed by atoms with Crippen LogP contribution in [-0.4, -0.2) is 43.3 Å². The summed E-state index contributed by atoms with van der Waals surface area (Å²) >= 11 is 0. The van der Waals surface area contributed by atoms with Crippen LogP contribution >= 0.6 is 0 Å². The number of carbonyl (C=O) groups is 1. The fourth-order valence-corrected chi connectivity index (χ4v) is 4.00. The number of fused-ring (bicyclic) bond motifs is 1. The summed E-state index contributed by atoms with van der Waals surface area (Å²) in [4.78, 5) is 17.6. The van der Waals surface area contributed by atoms with Crippen LogP contribution in [0.2, 0.25) is 0 Å². The largest absolute Gasteiger partial charge is 0.493 e. The van der Waals surface area contributed by atoms with Crippen LogP contribution in [0.5, 0.6) is 17.2 Å². The van der Waals surface area contributed by atoms with Crippen molar-refractivity contribution in [3.05, 3.63) is 71.8 Å². The molecule has 3 aromatic carbocycles. The van der Waals surface area contributed by atoms with Gasteiger partial charge in [-0.3, -0.25) is 4.79 Å². The van der Waals surface area contributed by atoms with E-state index in [9.17, 15) is 4.79 Å². The molecule has 0 aliphatic heterocycles. The van der Waals surface area contributed by atoms with E-state index in [2.05, 4.69) is 10.6 Å². The van der Waals surface area contributed by atoms with Crippen LogP contribution in [0.25, 0.3) is 11.0 Å². The molecular formula is C27H31N5O4. The van der Waals surface area contributed by atoms with E-state index in [-0.39, 0.29) is 5.91 Å². The lowest BCUT2D eigenvalue weighted by Crippen LogP contribution is -2.22. The molecule has 9 nitrogen and oxygen atoms in total. The second-order valence-electron chi connectivity index (χ2n) is 8.14. The van der Waals surface area contributed by atoms with E-state index in [0.29, 0.717) is 48.4 Å². The zero-order chi connectivity index (χ0) is 25.5. The van der Waals surface area contributed by atoms with Gasteiger partial charge >= 0.3 is 0 Å². The van der Waals surface area contributed by atoms with Crippen molar-refractivity contribution in [2.75, 3.05) is 33.2 Å². The number of nitrogens with one attached hydrogen (secondary N) is 2. The Kier molecular flexibility index (Phi) is 7.92. The number of aryl methyl sites for hydroxylation is 1. The molecule has 0 aliphatic carbocycles. The van der Waals surface area contributed by atoms with Gasteiger partial charge in [0.25, 0.3) is 5.91 Å². The van der Waals surface area contributed by atoms with Crippen LogP contribution in [0.15, 0.2) is 60.7 Å². The van der Waals surface area contributed by atoms with Crippen molar-refractivity contribution in [1.29, 1.82) is 0 Å². The Morgan fingerprint density at radius 1 is 0.972 bits per heavy atom. The number of rotatable bonds is 11. The van der Waals surface area contributed by atoms with E-state index in [1.54, 1.807) is 27.4 Å². The Morgan fingerprint density at radius 2 is 1.69 bits per heavy atom. The molecule has 4 N–H and O–H groups in total. The maximum absolute atomic E-state index is 12.9. The summed E-state index contributed by atoms with van der Waals surface area (Å²) in [5.41, 5.74) is 9.73. The molecule has 0 saturated heterocycles.